The molecule has 1 aromatic heterocycles. The Morgan fingerprint density at radius 1 is 1.27 bits per heavy atom. The van der Waals surface area contributed by atoms with Crippen LogP contribution >= 0.6 is 11.8 Å². The van der Waals surface area contributed by atoms with Crippen LogP contribution in [0.3, 0.4) is 0 Å². The average molecular weight is 429 g/mol. The molecular formula is C21H28N6O2S. The standard InChI is InChI=1S/C21H28N6O2S/c22-14-16-4-5-19-17(13-16)20(24-29-19)26-9-7-25(8-10-26)6-2-1-3-18(23)21(28)27-11-12-30-15-27/h4-5,13,18H,1-3,6-12,15,23H2. The first-order valence-corrected chi connectivity index (χ1v) is 11.7. The van der Waals surface area contributed by atoms with Crippen molar-refractivity contribution in [1.29, 1.82) is 5.26 Å². The maximum atomic E-state index is 12.3. The SMILES string of the molecule is N#Cc1ccc2onc(N3CCN(CCCCC(N)C(=O)N4CCSC4)CC3)c2c1. The molecule has 3 heterocycles. The van der Waals surface area contributed by atoms with Gasteiger partial charge in [-0.3, -0.25) is 9.69 Å². The molecule has 2 fully saturated rings. The summed E-state index contributed by atoms with van der Waals surface area (Å²) in [5.74, 6) is 2.74. The Labute approximate surface area is 180 Å². The van der Waals surface area contributed by atoms with Gasteiger partial charge < -0.3 is 20.1 Å². The molecule has 2 N–H and O–H groups in total. The van der Waals surface area contributed by atoms with E-state index in [0.717, 1.165) is 81.4 Å². The van der Waals surface area contributed by atoms with E-state index in [1.165, 1.54) is 0 Å². The predicted octanol–water partition coefficient (Wildman–Crippen LogP) is 1.85. The molecule has 2 saturated heterocycles. The van der Waals surface area contributed by atoms with Gasteiger partial charge in [0.05, 0.1) is 28.9 Å². The zero-order chi connectivity index (χ0) is 20.9. The molecule has 160 valence electrons. The van der Waals surface area contributed by atoms with Gasteiger partial charge in [-0.15, -0.1) is 11.8 Å². The molecule has 0 spiro atoms. The number of piperazine rings is 1. The van der Waals surface area contributed by atoms with Crippen LogP contribution in [0.4, 0.5) is 5.82 Å². The van der Waals surface area contributed by atoms with E-state index >= 15 is 0 Å². The van der Waals surface area contributed by atoms with Crippen molar-refractivity contribution < 1.29 is 9.32 Å². The van der Waals surface area contributed by atoms with Crippen LogP contribution < -0.4 is 10.6 Å². The first kappa shape index (κ1) is 21.0. The molecule has 2 aliphatic heterocycles. The monoisotopic (exact) mass is 428 g/mol. The van der Waals surface area contributed by atoms with Crippen molar-refractivity contribution in [2.24, 2.45) is 5.73 Å². The molecule has 1 unspecified atom stereocenters. The number of unbranched alkanes of at least 4 members (excludes halogenated alkanes) is 1. The van der Waals surface area contributed by atoms with E-state index in [1.807, 2.05) is 11.0 Å². The Bertz CT molecular complexity index is 912. The number of nitrogens with zero attached hydrogens (tertiary/aromatic N) is 5. The molecule has 1 aromatic carbocycles. The summed E-state index contributed by atoms with van der Waals surface area (Å²) in [4.78, 5) is 18.8. The van der Waals surface area contributed by atoms with Gasteiger partial charge in [0.2, 0.25) is 5.91 Å². The van der Waals surface area contributed by atoms with Crippen molar-refractivity contribution in [2.45, 2.75) is 25.3 Å². The van der Waals surface area contributed by atoms with Gasteiger partial charge in [0.15, 0.2) is 11.4 Å². The lowest BCUT2D eigenvalue weighted by Gasteiger charge is -2.34. The van der Waals surface area contributed by atoms with E-state index in [1.54, 1.807) is 23.9 Å². The fourth-order valence-electron chi connectivity index (χ4n) is 4.05. The fraction of sp³-hybridized carbons (Fsp3) is 0.571. The Balaban J connectivity index is 1.20. The number of anilines is 1. The highest BCUT2D eigenvalue weighted by atomic mass is 32.2. The Morgan fingerprint density at radius 3 is 2.83 bits per heavy atom. The first-order chi connectivity index (χ1) is 14.7. The summed E-state index contributed by atoms with van der Waals surface area (Å²) in [5.41, 5.74) is 7.43. The van der Waals surface area contributed by atoms with Crippen LogP contribution in [0.1, 0.15) is 24.8 Å². The highest BCUT2D eigenvalue weighted by Crippen LogP contribution is 2.27. The second-order valence-corrected chi connectivity index (χ2v) is 8.97. The molecule has 0 aliphatic carbocycles. The van der Waals surface area contributed by atoms with Gasteiger partial charge in [-0.2, -0.15) is 5.26 Å². The van der Waals surface area contributed by atoms with E-state index in [0.29, 0.717) is 11.1 Å². The minimum atomic E-state index is -0.362. The van der Waals surface area contributed by atoms with Gasteiger partial charge in [0.1, 0.15) is 0 Å². The lowest BCUT2D eigenvalue weighted by molar-refractivity contribution is -0.131. The normalized spacial score (nSPS) is 18.7. The molecule has 2 aromatic rings. The van der Waals surface area contributed by atoms with E-state index in [9.17, 15) is 4.79 Å². The molecule has 4 rings (SSSR count). The number of hydrogen-bond donors (Lipinski definition) is 1. The molecule has 1 atom stereocenters. The number of thioether (sulfide) groups is 1. The quantitative estimate of drug-likeness (QED) is 0.667. The van der Waals surface area contributed by atoms with Gasteiger partial charge in [0, 0.05) is 38.5 Å². The highest BCUT2D eigenvalue weighted by Gasteiger charge is 2.24. The number of nitrogens with two attached hydrogens (primary N) is 1. The summed E-state index contributed by atoms with van der Waals surface area (Å²) >= 11 is 1.79. The lowest BCUT2D eigenvalue weighted by Crippen LogP contribution is -2.47. The van der Waals surface area contributed by atoms with Crippen molar-refractivity contribution >= 4 is 34.5 Å². The molecule has 0 radical (unpaired) electrons. The van der Waals surface area contributed by atoms with E-state index < -0.39 is 0 Å². The van der Waals surface area contributed by atoms with Crippen LogP contribution in [0.5, 0.6) is 0 Å². The van der Waals surface area contributed by atoms with Gasteiger partial charge in [-0.05, 0) is 37.6 Å². The smallest absolute Gasteiger partial charge is 0.240 e. The largest absolute Gasteiger partial charge is 0.354 e. The van der Waals surface area contributed by atoms with Crippen molar-refractivity contribution in [3.05, 3.63) is 23.8 Å². The minimum Gasteiger partial charge on any atom is -0.354 e. The van der Waals surface area contributed by atoms with Gasteiger partial charge in [0.25, 0.3) is 0 Å². The molecule has 0 saturated carbocycles. The Hall–Kier alpha value is -2.28. The van der Waals surface area contributed by atoms with E-state index in [-0.39, 0.29) is 11.9 Å². The van der Waals surface area contributed by atoms with E-state index in [4.69, 9.17) is 15.5 Å². The second-order valence-electron chi connectivity index (χ2n) is 7.90. The third-order valence-corrected chi connectivity index (χ3v) is 6.84. The van der Waals surface area contributed by atoms with Crippen molar-refractivity contribution in [3.8, 4) is 6.07 Å². The third kappa shape index (κ3) is 4.72. The van der Waals surface area contributed by atoms with Crippen molar-refractivity contribution in [1.82, 2.24) is 15.0 Å². The summed E-state index contributed by atoms with van der Waals surface area (Å²) < 4.78 is 5.43. The average Bonchev–Trinajstić information content (AvgIpc) is 3.46. The van der Waals surface area contributed by atoms with Crippen LogP contribution in [-0.2, 0) is 4.79 Å². The fourth-order valence-corrected chi connectivity index (χ4v) is 5.01. The van der Waals surface area contributed by atoms with Gasteiger partial charge in [-0.1, -0.05) is 11.6 Å². The first-order valence-electron chi connectivity index (χ1n) is 10.5. The predicted molar refractivity (Wildman–Crippen MR) is 118 cm³/mol. The van der Waals surface area contributed by atoms with Gasteiger partial charge >= 0.3 is 0 Å². The number of aromatic nitrogens is 1. The summed E-state index contributed by atoms with van der Waals surface area (Å²) in [6, 6.07) is 7.21. The highest BCUT2D eigenvalue weighted by molar-refractivity contribution is 7.99. The number of nitriles is 1. The molecule has 2 aliphatic rings. The number of carbonyl (C=O) groups is 1. The maximum Gasteiger partial charge on any atom is 0.240 e. The topological polar surface area (TPSA) is 103 Å². The zero-order valence-electron chi connectivity index (χ0n) is 17.1. The van der Waals surface area contributed by atoms with Crippen LogP contribution in [0, 0.1) is 11.3 Å². The Kier molecular flexibility index (Phi) is 6.77. The number of amides is 1. The van der Waals surface area contributed by atoms with Crippen LogP contribution in [-0.4, -0.2) is 77.8 Å². The molecule has 1 amide bonds. The zero-order valence-corrected chi connectivity index (χ0v) is 17.9. The number of rotatable bonds is 7. The second kappa shape index (κ2) is 9.69. The summed E-state index contributed by atoms with van der Waals surface area (Å²) in [6.45, 7) is 5.53. The summed E-state index contributed by atoms with van der Waals surface area (Å²) in [6.07, 6.45) is 2.78. The summed E-state index contributed by atoms with van der Waals surface area (Å²) in [5, 5.41) is 14.3. The van der Waals surface area contributed by atoms with E-state index in [2.05, 4.69) is 21.0 Å². The summed E-state index contributed by atoms with van der Waals surface area (Å²) in [7, 11) is 0. The van der Waals surface area contributed by atoms with Crippen LogP contribution in [0.25, 0.3) is 11.0 Å². The minimum absolute atomic E-state index is 0.105. The molecular weight excluding hydrogens is 400 g/mol. The number of benzene rings is 1. The molecule has 30 heavy (non-hydrogen) atoms. The van der Waals surface area contributed by atoms with Gasteiger partial charge in [-0.25, -0.2) is 0 Å². The molecule has 9 heteroatoms. The van der Waals surface area contributed by atoms with Crippen LogP contribution in [0.2, 0.25) is 0 Å². The van der Waals surface area contributed by atoms with Crippen LogP contribution in [0.15, 0.2) is 22.7 Å². The lowest BCUT2D eigenvalue weighted by atomic mass is 10.1. The number of hydrogen-bond acceptors (Lipinski definition) is 8. The third-order valence-electron chi connectivity index (χ3n) is 5.87. The van der Waals surface area contributed by atoms with Crippen molar-refractivity contribution in [3.63, 3.8) is 0 Å². The molecule has 0 bridgehead atoms. The Morgan fingerprint density at radius 2 is 2.10 bits per heavy atom. The van der Waals surface area contributed by atoms with Crippen molar-refractivity contribution in [2.75, 3.05) is 55.8 Å². The maximum absolute atomic E-state index is 12.3. The number of fused-ring (bicyclic) bond motifs is 1. The molecule has 8 nitrogen and oxygen atoms in total. The number of carbonyl (C=O) groups excluding carboxylic acids is 1.